The number of benzene rings is 2. The van der Waals surface area contributed by atoms with Crippen LogP contribution in [0.2, 0.25) is 0 Å². The van der Waals surface area contributed by atoms with E-state index >= 15 is 0 Å². The molecule has 4 aliphatic carbocycles. The fourth-order valence-electron chi connectivity index (χ4n) is 3.61. The lowest BCUT2D eigenvalue weighted by molar-refractivity contribution is 0.0624. The molecule has 0 aliphatic heterocycles. The number of carbonyl (C=O) groups excluding carboxylic acids is 2. The number of nitrogens with one attached hydrogen (secondary N) is 2. The highest BCUT2D eigenvalue weighted by atomic mass is 16.6. The second kappa shape index (κ2) is 9.23. The zero-order valence-electron chi connectivity index (χ0n) is 19.9. The highest BCUT2D eigenvalue weighted by Gasteiger charge is 2.20. The quantitative estimate of drug-likeness (QED) is 0.580. The molecule has 0 spiro atoms. The predicted octanol–water partition coefficient (Wildman–Crippen LogP) is 6.26. The molecule has 0 fully saturated rings. The Morgan fingerprint density at radius 2 is 1.03 bits per heavy atom. The molecule has 0 radical (unpaired) electrons. The zero-order valence-corrected chi connectivity index (χ0v) is 19.9. The molecule has 0 unspecified atom stereocenters. The molecule has 0 saturated heterocycles. The van der Waals surface area contributed by atoms with E-state index in [1.807, 2.05) is 53.7 Å². The summed E-state index contributed by atoms with van der Waals surface area (Å²) in [5, 5.41) is 5.85. The van der Waals surface area contributed by atoms with Crippen molar-refractivity contribution in [1.82, 2.24) is 0 Å². The molecule has 6 rings (SSSR count). The lowest BCUT2D eigenvalue weighted by Gasteiger charge is -2.22. The third-order valence-electron chi connectivity index (χ3n) is 4.99. The highest BCUT2D eigenvalue weighted by Crippen LogP contribution is 2.27. The van der Waals surface area contributed by atoms with Crippen molar-refractivity contribution in [2.24, 2.45) is 0 Å². The first-order valence-corrected chi connectivity index (χ1v) is 11.1. The Balaban J connectivity index is 1.82. The van der Waals surface area contributed by atoms with Gasteiger partial charge in [-0.1, -0.05) is 24.3 Å². The SMILES string of the molecule is CC(C)(C)OC(=O)Nc1cc2ccc1CCc1ccc(c(NC(=O)OC(C)(C)C)c1)CC2. The van der Waals surface area contributed by atoms with Crippen LogP contribution in [0, 0.1) is 0 Å². The number of ether oxygens (including phenoxy) is 2. The lowest BCUT2D eigenvalue weighted by atomic mass is 9.94. The third-order valence-corrected chi connectivity index (χ3v) is 4.99. The summed E-state index contributed by atoms with van der Waals surface area (Å²) in [6, 6.07) is 12.4. The van der Waals surface area contributed by atoms with Gasteiger partial charge in [-0.05, 0) is 102 Å². The molecule has 2 amide bonds. The van der Waals surface area contributed by atoms with Gasteiger partial charge in [0.25, 0.3) is 0 Å². The Labute approximate surface area is 190 Å². The first-order chi connectivity index (χ1) is 14.9. The second-order valence-electron chi connectivity index (χ2n) is 10.2. The molecule has 32 heavy (non-hydrogen) atoms. The average molecular weight is 439 g/mol. The summed E-state index contributed by atoms with van der Waals surface area (Å²) in [5.74, 6) is 0. The molecular formula is C26H34N2O4. The topological polar surface area (TPSA) is 76.7 Å². The number of carbonyl (C=O) groups is 2. The maximum atomic E-state index is 12.3. The van der Waals surface area contributed by atoms with Crippen molar-refractivity contribution in [3.05, 3.63) is 58.7 Å². The van der Waals surface area contributed by atoms with Crippen LogP contribution >= 0.6 is 0 Å². The fraction of sp³-hybridized carbons (Fsp3) is 0.462. The zero-order chi connectivity index (χ0) is 23.5. The van der Waals surface area contributed by atoms with E-state index in [4.69, 9.17) is 9.47 Å². The van der Waals surface area contributed by atoms with E-state index in [-0.39, 0.29) is 0 Å². The van der Waals surface area contributed by atoms with Crippen molar-refractivity contribution in [1.29, 1.82) is 0 Å². The first-order valence-electron chi connectivity index (χ1n) is 11.1. The van der Waals surface area contributed by atoms with Crippen LogP contribution in [0.4, 0.5) is 21.0 Å². The molecule has 4 bridgehead atoms. The standard InChI is InChI=1S/C26H34N2O4/c1-25(2,3)31-23(29)27-21-15-17-7-11-19(21)13-9-18-8-12-20(14-10-17)22(16-18)28-24(30)32-26(4,5)6/h7-8,11-12,15-16H,9-10,13-14H2,1-6H3,(H,27,29)(H,28,30). The van der Waals surface area contributed by atoms with Gasteiger partial charge in [0.15, 0.2) is 0 Å². The van der Waals surface area contributed by atoms with Gasteiger partial charge in [-0.25, -0.2) is 9.59 Å². The Hall–Kier alpha value is -3.02. The summed E-state index contributed by atoms with van der Waals surface area (Å²) in [4.78, 5) is 24.7. The maximum absolute atomic E-state index is 12.3. The van der Waals surface area contributed by atoms with Crippen LogP contribution in [0.1, 0.15) is 63.8 Å². The molecule has 2 N–H and O–H groups in total. The summed E-state index contributed by atoms with van der Waals surface area (Å²) in [7, 11) is 0. The van der Waals surface area contributed by atoms with Gasteiger partial charge in [0.1, 0.15) is 11.2 Å². The largest absolute Gasteiger partial charge is 0.444 e. The minimum atomic E-state index is -0.554. The Morgan fingerprint density at radius 3 is 1.38 bits per heavy atom. The van der Waals surface area contributed by atoms with Crippen molar-refractivity contribution < 1.29 is 19.1 Å². The molecule has 6 nitrogen and oxygen atoms in total. The normalized spacial score (nSPS) is 13.7. The van der Waals surface area contributed by atoms with Gasteiger partial charge >= 0.3 is 12.2 Å². The minimum absolute atomic E-state index is 0.449. The van der Waals surface area contributed by atoms with Crippen molar-refractivity contribution in [3.8, 4) is 0 Å². The highest BCUT2D eigenvalue weighted by molar-refractivity contribution is 5.87. The molecule has 172 valence electrons. The van der Waals surface area contributed by atoms with Gasteiger partial charge in [0, 0.05) is 11.4 Å². The summed E-state index contributed by atoms with van der Waals surface area (Å²) in [6.07, 6.45) is 2.13. The maximum Gasteiger partial charge on any atom is 0.412 e. The van der Waals surface area contributed by atoms with Gasteiger partial charge < -0.3 is 9.47 Å². The van der Waals surface area contributed by atoms with E-state index in [1.165, 1.54) is 0 Å². The monoisotopic (exact) mass is 438 g/mol. The third kappa shape index (κ3) is 7.01. The summed E-state index contributed by atoms with van der Waals surface area (Å²) >= 11 is 0. The van der Waals surface area contributed by atoms with Crippen LogP contribution in [0.5, 0.6) is 0 Å². The number of amides is 2. The van der Waals surface area contributed by atoms with Gasteiger partial charge in [0.2, 0.25) is 0 Å². The Kier molecular flexibility index (Phi) is 6.82. The van der Waals surface area contributed by atoms with Crippen molar-refractivity contribution >= 4 is 23.6 Å². The van der Waals surface area contributed by atoms with Gasteiger partial charge in [-0.2, -0.15) is 0 Å². The number of hydrogen-bond acceptors (Lipinski definition) is 4. The molecule has 0 atom stereocenters. The van der Waals surface area contributed by atoms with E-state index in [9.17, 15) is 9.59 Å². The van der Waals surface area contributed by atoms with Crippen LogP contribution in [0.25, 0.3) is 0 Å². The summed E-state index contributed by atoms with van der Waals surface area (Å²) in [6.45, 7) is 11.1. The van der Waals surface area contributed by atoms with Gasteiger partial charge in [-0.15, -0.1) is 0 Å². The smallest absolute Gasteiger partial charge is 0.412 e. The second-order valence-corrected chi connectivity index (χ2v) is 10.2. The van der Waals surface area contributed by atoms with Crippen LogP contribution < -0.4 is 10.6 Å². The molecule has 2 aromatic carbocycles. The van der Waals surface area contributed by atoms with Crippen LogP contribution in [0.15, 0.2) is 36.4 Å². The van der Waals surface area contributed by atoms with E-state index in [0.717, 1.165) is 59.3 Å². The number of aryl methyl sites for hydroxylation is 4. The molecule has 0 aromatic heterocycles. The molecular weight excluding hydrogens is 404 g/mol. The number of anilines is 2. The van der Waals surface area contributed by atoms with Crippen molar-refractivity contribution in [2.45, 2.75) is 78.4 Å². The van der Waals surface area contributed by atoms with Crippen molar-refractivity contribution in [3.63, 3.8) is 0 Å². The molecule has 4 aliphatic rings. The average Bonchev–Trinajstić information content (AvgIpc) is 2.61. The lowest BCUT2D eigenvalue weighted by Crippen LogP contribution is -2.27. The Morgan fingerprint density at radius 1 is 0.656 bits per heavy atom. The minimum Gasteiger partial charge on any atom is -0.444 e. The Bertz CT molecular complexity index is 918. The van der Waals surface area contributed by atoms with Crippen LogP contribution in [-0.2, 0) is 35.2 Å². The van der Waals surface area contributed by atoms with E-state index in [0.29, 0.717) is 0 Å². The van der Waals surface area contributed by atoms with E-state index < -0.39 is 23.4 Å². The summed E-state index contributed by atoms with van der Waals surface area (Å²) < 4.78 is 10.9. The predicted molar refractivity (Wildman–Crippen MR) is 127 cm³/mol. The van der Waals surface area contributed by atoms with Crippen molar-refractivity contribution in [2.75, 3.05) is 10.6 Å². The van der Waals surface area contributed by atoms with Gasteiger partial charge in [0.05, 0.1) is 0 Å². The van der Waals surface area contributed by atoms with Crippen LogP contribution in [0.3, 0.4) is 0 Å². The molecule has 6 heteroatoms. The fourth-order valence-corrected chi connectivity index (χ4v) is 3.61. The molecule has 0 heterocycles. The molecule has 0 saturated carbocycles. The van der Waals surface area contributed by atoms with Crippen LogP contribution in [-0.4, -0.2) is 23.4 Å². The van der Waals surface area contributed by atoms with E-state index in [2.05, 4.69) is 34.9 Å². The first kappa shape index (κ1) is 23.6. The number of hydrogen-bond donors (Lipinski definition) is 2. The van der Waals surface area contributed by atoms with E-state index in [1.54, 1.807) is 0 Å². The molecule has 2 aromatic rings. The van der Waals surface area contributed by atoms with Gasteiger partial charge in [-0.3, -0.25) is 10.6 Å². The number of rotatable bonds is 2. The summed E-state index contributed by atoms with van der Waals surface area (Å²) in [5.41, 5.74) is 4.78.